The van der Waals surface area contributed by atoms with Crippen LogP contribution in [-0.2, 0) is 14.3 Å². The van der Waals surface area contributed by atoms with E-state index in [1.807, 2.05) is 6.92 Å². The summed E-state index contributed by atoms with van der Waals surface area (Å²) in [6.45, 7) is 3.14. The summed E-state index contributed by atoms with van der Waals surface area (Å²) < 4.78 is 5.07. The average molecular weight is 351 g/mol. The van der Waals surface area contributed by atoms with Gasteiger partial charge in [0.15, 0.2) is 11.5 Å². The Morgan fingerprint density at radius 1 is 1.33 bits per heavy atom. The van der Waals surface area contributed by atoms with Crippen molar-refractivity contribution in [1.29, 1.82) is 0 Å². The molecule has 1 fully saturated rings. The van der Waals surface area contributed by atoms with Crippen molar-refractivity contribution >= 4 is 35.0 Å². The maximum Gasteiger partial charge on any atom is 0.326 e. The highest BCUT2D eigenvalue weighted by atomic mass is 32.2. The summed E-state index contributed by atoms with van der Waals surface area (Å²) in [5.41, 5.74) is 0.443. The Kier molecular flexibility index (Phi) is 5.50. The molecule has 7 nitrogen and oxygen atoms in total. The van der Waals surface area contributed by atoms with E-state index in [1.54, 1.807) is 6.92 Å². The predicted octanol–water partition coefficient (Wildman–Crippen LogP) is 2.48. The molecule has 1 saturated heterocycles. The van der Waals surface area contributed by atoms with E-state index >= 15 is 0 Å². The summed E-state index contributed by atoms with van der Waals surface area (Å²) in [6.07, 6.45) is 1.76. The predicted molar refractivity (Wildman–Crippen MR) is 88.3 cm³/mol. The molecule has 0 aromatic heterocycles. The lowest BCUT2D eigenvalue weighted by atomic mass is 10.2. The third kappa shape index (κ3) is 4.08. The van der Waals surface area contributed by atoms with Gasteiger partial charge in [-0.25, -0.2) is 0 Å². The maximum absolute atomic E-state index is 12.3. The van der Waals surface area contributed by atoms with Gasteiger partial charge in [-0.2, -0.15) is 0 Å². The number of carbonyl (C=O) groups is 3. The molecule has 0 unspecified atom stereocenters. The fourth-order valence-electron chi connectivity index (χ4n) is 1.89. The zero-order valence-corrected chi connectivity index (χ0v) is 14.0. The van der Waals surface area contributed by atoms with Crippen LogP contribution in [0.4, 0.5) is 4.79 Å². The van der Waals surface area contributed by atoms with Crippen molar-refractivity contribution in [2.24, 2.45) is 0 Å². The molecule has 2 amide bonds. The topological polar surface area (TPSA) is 104 Å². The number of carbonyl (C=O) groups excluding carboxylic acids is 3. The number of nitrogens with zero attached hydrogens (tertiary/aromatic N) is 1. The van der Waals surface area contributed by atoms with Crippen LogP contribution in [-0.4, -0.2) is 44.9 Å². The van der Waals surface area contributed by atoms with E-state index in [0.29, 0.717) is 23.7 Å². The number of thioether (sulfide) groups is 1. The Morgan fingerprint density at radius 3 is 2.67 bits per heavy atom. The van der Waals surface area contributed by atoms with Crippen LogP contribution in [0.5, 0.6) is 11.5 Å². The van der Waals surface area contributed by atoms with Crippen LogP contribution in [0, 0.1) is 0 Å². The number of hydrogen-bond acceptors (Lipinski definition) is 7. The number of amides is 2. The molecule has 0 aliphatic carbocycles. The second kappa shape index (κ2) is 7.39. The number of hydrogen-bond donors (Lipinski definition) is 2. The third-order valence-electron chi connectivity index (χ3n) is 3.37. The van der Waals surface area contributed by atoms with Crippen molar-refractivity contribution in [3.63, 3.8) is 0 Å². The molecule has 1 atom stereocenters. The minimum absolute atomic E-state index is 0.126. The van der Waals surface area contributed by atoms with Gasteiger partial charge in [0.05, 0.1) is 11.0 Å². The smallest absolute Gasteiger partial charge is 0.326 e. The van der Waals surface area contributed by atoms with Gasteiger partial charge in [-0.1, -0.05) is 13.0 Å². The fourth-order valence-corrected chi connectivity index (χ4v) is 2.73. The summed E-state index contributed by atoms with van der Waals surface area (Å²) >= 11 is 0.700. The summed E-state index contributed by atoms with van der Waals surface area (Å²) in [5, 5.41) is 18.2. The van der Waals surface area contributed by atoms with Gasteiger partial charge in [0.2, 0.25) is 0 Å². The second-order valence-corrected chi connectivity index (χ2v) is 6.22. The van der Waals surface area contributed by atoms with E-state index in [0.717, 1.165) is 4.90 Å². The zero-order chi connectivity index (χ0) is 17.9. The Morgan fingerprint density at radius 2 is 2.04 bits per heavy atom. The molecular formula is C16H17NO6S. The molecule has 128 valence electrons. The normalized spacial score (nSPS) is 17.4. The van der Waals surface area contributed by atoms with Crippen LogP contribution in [0.15, 0.2) is 23.1 Å². The molecular weight excluding hydrogens is 334 g/mol. The lowest BCUT2D eigenvalue weighted by molar-refractivity contribution is -0.150. The van der Waals surface area contributed by atoms with E-state index < -0.39 is 23.7 Å². The van der Waals surface area contributed by atoms with Crippen molar-refractivity contribution in [1.82, 2.24) is 4.90 Å². The van der Waals surface area contributed by atoms with Gasteiger partial charge in [0, 0.05) is 0 Å². The van der Waals surface area contributed by atoms with Crippen molar-refractivity contribution in [3.05, 3.63) is 28.7 Å². The molecule has 0 saturated carbocycles. The molecule has 1 aromatic carbocycles. The first-order valence-corrected chi connectivity index (χ1v) is 8.10. The molecule has 1 heterocycles. The summed E-state index contributed by atoms with van der Waals surface area (Å²) in [6, 6.07) is 4.02. The van der Waals surface area contributed by atoms with E-state index in [1.165, 1.54) is 24.3 Å². The van der Waals surface area contributed by atoms with Crippen molar-refractivity contribution in [2.75, 3.05) is 6.54 Å². The molecule has 1 aromatic rings. The largest absolute Gasteiger partial charge is 0.504 e. The van der Waals surface area contributed by atoms with Crippen molar-refractivity contribution in [3.8, 4) is 11.5 Å². The first-order valence-electron chi connectivity index (χ1n) is 7.28. The molecule has 0 spiro atoms. The summed E-state index contributed by atoms with van der Waals surface area (Å²) in [5.74, 6) is -1.86. The van der Waals surface area contributed by atoms with Gasteiger partial charge in [0.25, 0.3) is 11.1 Å². The first-order chi connectivity index (χ1) is 11.3. The molecule has 0 radical (unpaired) electrons. The van der Waals surface area contributed by atoms with Crippen LogP contribution in [0.2, 0.25) is 0 Å². The van der Waals surface area contributed by atoms with Crippen LogP contribution in [0.3, 0.4) is 0 Å². The highest BCUT2D eigenvalue weighted by Gasteiger charge is 2.36. The van der Waals surface area contributed by atoms with Gasteiger partial charge in [-0.3, -0.25) is 19.3 Å². The van der Waals surface area contributed by atoms with E-state index in [-0.39, 0.29) is 22.5 Å². The number of phenols is 2. The van der Waals surface area contributed by atoms with Gasteiger partial charge in [-0.15, -0.1) is 0 Å². The molecule has 2 rings (SSSR count). The Balaban J connectivity index is 2.11. The number of aromatic hydroxyl groups is 2. The van der Waals surface area contributed by atoms with Crippen LogP contribution in [0.25, 0.3) is 6.08 Å². The summed E-state index contributed by atoms with van der Waals surface area (Å²) in [7, 11) is 0. The number of ether oxygens (including phenoxy) is 1. The minimum atomic E-state index is -0.643. The number of rotatable bonds is 5. The standard InChI is InChI=1S/C16H17NO6S/c1-3-9(2)23-14(20)8-17-15(21)13(24-16(17)22)7-10-4-5-11(18)12(19)6-10/h4-7,9,18-19H,3,8H2,1-2H3/b13-7+/t9-/m0/s1. The van der Waals surface area contributed by atoms with E-state index in [2.05, 4.69) is 0 Å². The molecule has 1 aliphatic heterocycles. The van der Waals surface area contributed by atoms with Gasteiger partial charge < -0.3 is 14.9 Å². The molecule has 8 heteroatoms. The number of benzene rings is 1. The van der Waals surface area contributed by atoms with E-state index in [4.69, 9.17) is 4.74 Å². The summed E-state index contributed by atoms with van der Waals surface area (Å²) in [4.78, 5) is 36.9. The van der Waals surface area contributed by atoms with Crippen LogP contribution in [0.1, 0.15) is 25.8 Å². The van der Waals surface area contributed by atoms with Crippen molar-refractivity contribution in [2.45, 2.75) is 26.4 Å². The van der Waals surface area contributed by atoms with Crippen LogP contribution < -0.4 is 0 Å². The molecule has 24 heavy (non-hydrogen) atoms. The minimum Gasteiger partial charge on any atom is -0.504 e. The average Bonchev–Trinajstić information content (AvgIpc) is 2.78. The quantitative estimate of drug-likeness (QED) is 0.477. The SMILES string of the molecule is CC[C@H](C)OC(=O)CN1C(=O)S/C(=C/c2ccc(O)c(O)c2)C1=O. The number of phenolic OH excluding ortho intramolecular Hbond substituents is 2. The molecule has 1 aliphatic rings. The lowest BCUT2D eigenvalue weighted by Gasteiger charge is -2.14. The Bertz CT molecular complexity index is 715. The van der Waals surface area contributed by atoms with E-state index in [9.17, 15) is 24.6 Å². The monoisotopic (exact) mass is 351 g/mol. The van der Waals surface area contributed by atoms with Gasteiger partial charge >= 0.3 is 5.97 Å². The molecule has 2 N–H and O–H groups in total. The second-order valence-electron chi connectivity index (χ2n) is 5.22. The number of imide groups is 1. The third-order valence-corrected chi connectivity index (χ3v) is 4.27. The van der Waals surface area contributed by atoms with Gasteiger partial charge in [0.1, 0.15) is 6.54 Å². The lowest BCUT2D eigenvalue weighted by Crippen LogP contribution is -2.35. The van der Waals surface area contributed by atoms with Crippen molar-refractivity contribution < 1.29 is 29.3 Å². The zero-order valence-electron chi connectivity index (χ0n) is 13.2. The Hall–Kier alpha value is -2.48. The maximum atomic E-state index is 12.3. The molecule has 0 bridgehead atoms. The van der Waals surface area contributed by atoms with Gasteiger partial charge in [-0.05, 0) is 48.9 Å². The highest BCUT2D eigenvalue weighted by Crippen LogP contribution is 2.33. The van der Waals surface area contributed by atoms with Crippen LogP contribution >= 0.6 is 11.8 Å². The highest BCUT2D eigenvalue weighted by molar-refractivity contribution is 8.18. The number of esters is 1. The first kappa shape index (κ1) is 17.9. The fraction of sp³-hybridized carbons (Fsp3) is 0.312. The Labute approximate surface area is 142 Å².